The number of hydrogen-bond acceptors (Lipinski definition) is 3. The van der Waals surface area contributed by atoms with Crippen molar-refractivity contribution in [3.05, 3.63) is 34.9 Å². The van der Waals surface area contributed by atoms with Crippen molar-refractivity contribution < 1.29 is 4.74 Å². The second-order valence-electron chi connectivity index (χ2n) is 4.95. The van der Waals surface area contributed by atoms with E-state index in [0.29, 0.717) is 0 Å². The molecule has 0 bridgehead atoms. The van der Waals surface area contributed by atoms with Crippen LogP contribution in [0.5, 0.6) is 0 Å². The van der Waals surface area contributed by atoms with Crippen molar-refractivity contribution in [2.75, 3.05) is 20.3 Å². The Morgan fingerprint density at radius 3 is 2.78 bits per heavy atom. The number of methoxy groups -OCH3 is 1. The Morgan fingerprint density at radius 1 is 1.44 bits per heavy atom. The Kier molecular flexibility index (Phi) is 4.35. The Morgan fingerprint density at radius 2 is 2.22 bits per heavy atom. The third-order valence-corrected chi connectivity index (χ3v) is 3.49. The van der Waals surface area contributed by atoms with Crippen molar-refractivity contribution in [2.45, 2.75) is 32.4 Å². The molecular weight excluding hydrogens is 224 g/mol. The summed E-state index contributed by atoms with van der Waals surface area (Å²) in [5.74, 6) is 0. The second-order valence-corrected chi connectivity index (χ2v) is 4.95. The normalized spacial score (nSPS) is 14.8. The predicted octanol–water partition coefficient (Wildman–Crippen LogP) is 2.48. The van der Waals surface area contributed by atoms with E-state index in [1.165, 1.54) is 24.0 Å². The van der Waals surface area contributed by atoms with Crippen LogP contribution in [0.1, 0.15) is 29.5 Å². The van der Waals surface area contributed by atoms with Crippen LogP contribution < -0.4 is 0 Å². The Balaban J connectivity index is 2.04. The van der Waals surface area contributed by atoms with Gasteiger partial charge in [0.1, 0.15) is 0 Å². The molecular formula is C15H20N2O. The molecule has 1 fully saturated rings. The topological polar surface area (TPSA) is 36.3 Å². The van der Waals surface area contributed by atoms with Crippen molar-refractivity contribution in [1.29, 1.82) is 5.26 Å². The van der Waals surface area contributed by atoms with Crippen molar-refractivity contribution in [1.82, 2.24) is 4.90 Å². The van der Waals surface area contributed by atoms with E-state index in [2.05, 4.69) is 24.0 Å². The van der Waals surface area contributed by atoms with E-state index in [1.54, 1.807) is 7.11 Å². The highest BCUT2D eigenvalue weighted by Gasteiger charge is 2.28. The van der Waals surface area contributed by atoms with Gasteiger partial charge in [-0.1, -0.05) is 6.07 Å². The molecule has 0 aliphatic heterocycles. The Hall–Kier alpha value is -1.37. The molecule has 0 radical (unpaired) electrons. The summed E-state index contributed by atoms with van der Waals surface area (Å²) in [5.41, 5.74) is 3.26. The molecule has 0 atom stereocenters. The summed E-state index contributed by atoms with van der Waals surface area (Å²) in [6.45, 7) is 4.82. The fraction of sp³-hybridized carbons (Fsp3) is 0.533. The van der Waals surface area contributed by atoms with Gasteiger partial charge in [0.2, 0.25) is 0 Å². The average Bonchev–Trinajstić information content (AvgIpc) is 3.20. The summed E-state index contributed by atoms with van der Waals surface area (Å²) in [4.78, 5) is 2.48. The van der Waals surface area contributed by atoms with Crippen LogP contribution in [0.4, 0.5) is 0 Å². The molecule has 1 aromatic carbocycles. The summed E-state index contributed by atoms with van der Waals surface area (Å²) < 4.78 is 5.17. The van der Waals surface area contributed by atoms with E-state index in [-0.39, 0.29) is 0 Å². The first kappa shape index (κ1) is 13.1. The molecule has 0 amide bonds. The molecule has 3 heteroatoms. The minimum atomic E-state index is 0.732. The van der Waals surface area contributed by atoms with Crippen molar-refractivity contribution >= 4 is 0 Å². The lowest BCUT2D eigenvalue weighted by Gasteiger charge is -2.22. The van der Waals surface area contributed by atoms with Gasteiger partial charge in [0, 0.05) is 26.2 Å². The summed E-state index contributed by atoms with van der Waals surface area (Å²) >= 11 is 0. The fourth-order valence-electron chi connectivity index (χ4n) is 2.20. The maximum Gasteiger partial charge on any atom is 0.0991 e. The van der Waals surface area contributed by atoms with Crippen LogP contribution in [0.25, 0.3) is 0 Å². The van der Waals surface area contributed by atoms with E-state index in [1.807, 2.05) is 12.1 Å². The van der Waals surface area contributed by atoms with E-state index in [9.17, 15) is 0 Å². The molecule has 1 aliphatic carbocycles. The first-order chi connectivity index (χ1) is 8.74. The zero-order valence-electron chi connectivity index (χ0n) is 11.1. The van der Waals surface area contributed by atoms with Crippen molar-refractivity contribution in [3.63, 3.8) is 0 Å². The van der Waals surface area contributed by atoms with Gasteiger partial charge < -0.3 is 4.74 Å². The number of nitriles is 1. The number of aryl methyl sites for hydroxylation is 1. The Bertz CT molecular complexity index is 446. The lowest BCUT2D eigenvalue weighted by Crippen LogP contribution is -2.29. The van der Waals surface area contributed by atoms with Crippen LogP contribution >= 0.6 is 0 Å². The van der Waals surface area contributed by atoms with Crippen LogP contribution in [-0.4, -0.2) is 31.2 Å². The average molecular weight is 244 g/mol. The second kappa shape index (κ2) is 5.99. The molecule has 2 rings (SSSR count). The van der Waals surface area contributed by atoms with Gasteiger partial charge in [-0.25, -0.2) is 0 Å². The molecule has 1 saturated carbocycles. The van der Waals surface area contributed by atoms with Gasteiger partial charge in [-0.05, 0) is 43.0 Å². The fourth-order valence-corrected chi connectivity index (χ4v) is 2.20. The molecule has 96 valence electrons. The smallest absolute Gasteiger partial charge is 0.0991 e. The van der Waals surface area contributed by atoms with Gasteiger partial charge in [0.05, 0.1) is 18.2 Å². The van der Waals surface area contributed by atoms with Gasteiger partial charge in [-0.3, -0.25) is 4.90 Å². The molecule has 1 aliphatic rings. The quantitative estimate of drug-likeness (QED) is 0.771. The number of ether oxygens (including phenoxy) is 1. The largest absolute Gasteiger partial charge is 0.383 e. The standard InChI is InChI=1S/C15H20N2O/c1-12-9-13(10-16)3-4-14(12)11-17(7-8-18-2)15-5-6-15/h3-4,9,15H,5-8,11H2,1-2H3. The Labute approximate surface area is 109 Å². The van der Waals surface area contributed by atoms with E-state index < -0.39 is 0 Å². The van der Waals surface area contributed by atoms with Crippen LogP contribution in [0.3, 0.4) is 0 Å². The van der Waals surface area contributed by atoms with E-state index in [0.717, 1.165) is 31.3 Å². The zero-order valence-corrected chi connectivity index (χ0v) is 11.1. The van der Waals surface area contributed by atoms with Crippen molar-refractivity contribution in [2.24, 2.45) is 0 Å². The molecule has 0 spiro atoms. The molecule has 0 aromatic heterocycles. The SMILES string of the molecule is COCCN(Cc1ccc(C#N)cc1C)C1CC1. The summed E-state index contributed by atoms with van der Waals surface area (Å²) in [5, 5.41) is 8.87. The summed E-state index contributed by atoms with van der Waals surface area (Å²) in [7, 11) is 1.75. The third-order valence-electron chi connectivity index (χ3n) is 3.49. The zero-order chi connectivity index (χ0) is 13.0. The number of hydrogen-bond donors (Lipinski definition) is 0. The molecule has 0 unspecified atom stereocenters. The minimum absolute atomic E-state index is 0.732. The molecule has 1 aromatic rings. The number of nitrogens with zero attached hydrogens (tertiary/aromatic N) is 2. The highest BCUT2D eigenvalue weighted by atomic mass is 16.5. The number of benzene rings is 1. The van der Waals surface area contributed by atoms with Gasteiger partial charge in [-0.2, -0.15) is 5.26 Å². The first-order valence-corrected chi connectivity index (χ1v) is 6.47. The van der Waals surface area contributed by atoms with E-state index >= 15 is 0 Å². The van der Waals surface area contributed by atoms with Crippen molar-refractivity contribution in [3.8, 4) is 6.07 Å². The van der Waals surface area contributed by atoms with E-state index in [4.69, 9.17) is 10.00 Å². The molecule has 0 saturated heterocycles. The maximum atomic E-state index is 8.87. The molecule has 0 N–H and O–H groups in total. The van der Waals surface area contributed by atoms with Gasteiger partial charge >= 0.3 is 0 Å². The number of rotatable bonds is 6. The van der Waals surface area contributed by atoms with Gasteiger partial charge in [0.15, 0.2) is 0 Å². The third kappa shape index (κ3) is 3.32. The highest BCUT2D eigenvalue weighted by molar-refractivity contribution is 5.37. The van der Waals surface area contributed by atoms with Crippen LogP contribution in [0.2, 0.25) is 0 Å². The first-order valence-electron chi connectivity index (χ1n) is 6.47. The summed E-state index contributed by atoms with van der Waals surface area (Å²) in [6.07, 6.45) is 2.61. The minimum Gasteiger partial charge on any atom is -0.383 e. The monoisotopic (exact) mass is 244 g/mol. The predicted molar refractivity (Wildman–Crippen MR) is 71.2 cm³/mol. The highest BCUT2D eigenvalue weighted by Crippen LogP contribution is 2.28. The van der Waals surface area contributed by atoms with Crippen LogP contribution in [-0.2, 0) is 11.3 Å². The molecule has 0 heterocycles. The molecule has 18 heavy (non-hydrogen) atoms. The molecule has 3 nitrogen and oxygen atoms in total. The van der Waals surface area contributed by atoms with Crippen LogP contribution in [0.15, 0.2) is 18.2 Å². The summed E-state index contributed by atoms with van der Waals surface area (Å²) in [6, 6.07) is 8.87. The van der Waals surface area contributed by atoms with Gasteiger partial charge in [0.25, 0.3) is 0 Å². The van der Waals surface area contributed by atoms with Gasteiger partial charge in [-0.15, -0.1) is 0 Å². The van der Waals surface area contributed by atoms with Crippen LogP contribution in [0, 0.1) is 18.3 Å². The lowest BCUT2D eigenvalue weighted by atomic mass is 10.1. The maximum absolute atomic E-state index is 8.87. The lowest BCUT2D eigenvalue weighted by molar-refractivity contribution is 0.139.